The van der Waals surface area contributed by atoms with Crippen molar-refractivity contribution in [2.45, 2.75) is 25.6 Å². The third kappa shape index (κ3) is 1.88. The van der Waals surface area contributed by atoms with Crippen LogP contribution in [0.1, 0.15) is 30.7 Å². The largest absolute Gasteiger partial charge is 0.394 e. The van der Waals surface area contributed by atoms with E-state index in [1.807, 2.05) is 6.07 Å². The lowest BCUT2D eigenvalue weighted by Crippen LogP contribution is -2.12. The molecule has 1 fully saturated rings. The number of nitrogens with zero attached hydrogens (tertiary/aromatic N) is 3. The van der Waals surface area contributed by atoms with Crippen molar-refractivity contribution in [3.8, 4) is 0 Å². The van der Waals surface area contributed by atoms with Crippen LogP contribution in [0, 0.1) is 5.92 Å². The van der Waals surface area contributed by atoms with Gasteiger partial charge in [0.1, 0.15) is 17.9 Å². The Balaban J connectivity index is 2.13. The summed E-state index contributed by atoms with van der Waals surface area (Å²) in [6.07, 6.45) is 3.77. The topological polar surface area (TPSA) is 85.7 Å². The van der Waals surface area contributed by atoms with Gasteiger partial charge in [0.25, 0.3) is 0 Å². The second kappa shape index (κ2) is 4.88. The molecule has 6 heteroatoms. The molecule has 0 spiro atoms. The number of anilines is 1. The van der Waals surface area contributed by atoms with E-state index in [9.17, 15) is 5.11 Å². The van der Waals surface area contributed by atoms with E-state index in [4.69, 9.17) is 10.5 Å². The zero-order valence-electron chi connectivity index (χ0n) is 11.4. The van der Waals surface area contributed by atoms with Crippen molar-refractivity contribution >= 4 is 17.4 Å². The minimum Gasteiger partial charge on any atom is -0.394 e. The number of aromatic nitrogens is 3. The molecule has 20 heavy (non-hydrogen) atoms. The van der Waals surface area contributed by atoms with Crippen molar-refractivity contribution in [3.63, 3.8) is 0 Å². The van der Waals surface area contributed by atoms with Gasteiger partial charge in [0.05, 0.1) is 18.4 Å². The van der Waals surface area contributed by atoms with Crippen LogP contribution in [0.5, 0.6) is 0 Å². The SMILES string of the molecule is C=Cc1cc(C2OC(CO)CC2C)n2ncnc(N)c12. The summed E-state index contributed by atoms with van der Waals surface area (Å²) in [5.74, 6) is 0.726. The van der Waals surface area contributed by atoms with Crippen molar-refractivity contribution in [2.75, 3.05) is 12.3 Å². The third-order valence-corrected chi connectivity index (χ3v) is 3.85. The van der Waals surface area contributed by atoms with E-state index in [-0.39, 0.29) is 18.8 Å². The standard InChI is InChI=1S/C14H18N4O2/c1-3-9-5-11(13-8(2)4-10(6-19)20-13)18-12(9)14(15)16-7-17-18/h3,5,7-8,10,13,19H,1,4,6H2,2H3,(H2,15,16,17). The Labute approximate surface area is 116 Å². The number of aliphatic hydroxyl groups excluding tert-OH is 1. The number of fused-ring (bicyclic) bond motifs is 1. The summed E-state index contributed by atoms with van der Waals surface area (Å²) in [7, 11) is 0. The Bertz CT molecular complexity index is 652. The van der Waals surface area contributed by atoms with Crippen LogP contribution in [0.25, 0.3) is 11.6 Å². The second-order valence-corrected chi connectivity index (χ2v) is 5.21. The van der Waals surface area contributed by atoms with Crippen LogP contribution in [-0.4, -0.2) is 32.4 Å². The van der Waals surface area contributed by atoms with Gasteiger partial charge < -0.3 is 15.6 Å². The van der Waals surface area contributed by atoms with Crippen LogP contribution in [-0.2, 0) is 4.74 Å². The molecule has 1 aliphatic rings. The van der Waals surface area contributed by atoms with E-state index in [1.165, 1.54) is 6.33 Å². The highest BCUT2D eigenvalue weighted by atomic mass is 16.5. The highest BCUT2D eigenvalue weighted by Gasteiger charge is 2.35. The van der Waals surface area contributed by atoms with E-state index < -0.39 is 0 Å². The Hall–Kier alpha value is -1.92. The van der Waals surface area contributed by atoms with Gasteiger partial charge in [-0.25, -0.2) is 9.50 Å². The molecule has 0 radical (unpaired) electrons. The van der Waals surface area contributed by atoms with E-state index in [2.05, 4.69) is 23.6 Å². The summed E-state index contributed by atoms with van der Waals surface area (Å²) < 4.78 is 7.67. The lowest BCUT2D eigenvalue weighted by atomic mass is 9.99. The number of ether oxygens (including phenoxy) is 1. The van der Waals surface area contributed by atoms with E-state index in [0.717, 1.165) is 23.2 Å². The predicted molar refractivity (Wildman–Crippen MR) is 76.0 cm³/mol. The second-order valence-electron chi connectivity index (χ2n) is 5.21. The first-order chi connectivity index (χ1) is 9.65. The van der Waals surface area contributed by atoms with Crippen molar-refractivity contribution in [1.29, 1.82) is 0 Å². The number of hydrogen-bond donors (Lipinski definition) is 2. The maximum absolute atomic E-state index is 9.26. The molecule has 1 aliphatic heterocycles. The van der Waals surface area contributed by atoms with E-state index in [0.29, 0.717) is 11.7 Å². The fraction of sp³-hybridized carbons (Fsp3) is 0.429. The maximum atomic E-state index is 9.26. The van der Waals surface area contributed by atoms with Gasteiger partial charge in [0.15, 0.2) is 5.82 Å². The van der Waals surface area contributed by atoms with E-state index >= 15 is 0 Å². The fourth-order valence-corrected chi connectivity index (χ4v) is 2.89. The summed E-state index contributed by atoms with van der Waals surface area (Å²) >= 11 is 0. The summed E-state index contributed by atoms with van der Waals surface area (Å²) in [6, 6.07) is 1.98. The first-order valence-corrected chi connectivity index (χ1v) is 6.66. The molecule has 0 saturated carbocycles. The Morgan fingerprint density at radius 2 is 2.45 bits per heavy atom. The number of nitrogen functional groups attached to an aromatic ring is 1. The molecule has 1 saturated heterocycles. The summed E-state index contributed by atoms with van der Waals surface area (Å²) in [4.78, 5) is 4.02. The van der Waals surface area contributed by atoms with Gasteiger partial charge in [-0.05, 0) is 18.4 Å². The molecule has 2 aromatic heterocycles. The van der Waals surface area contributed by atoms with E-state index in [1.54, 1.807) is 10.6 Å². The van der Waals surface area contributed by atoms with Crippen molar-refractivity contribution in [1.82, 2.24) is 14.6 Å². The van der Waals surface area contributed by atoms with Gasteiger partial charge >= 0.3 is 0 Å². The lowest BCUT2D eigenvalue weighted by molar-refractivity contribution is 0.00256. The average molecular weight is 274 g/mol. The smallest absolute Gasteiger partial charge is 0.151 e. The molecule has 0 amide bonds. The lowest BCUT2D eigenvalue weighted by Gasteiger charge is -2.14. The number of hydrogen-bond acceptors (Lipinski definition) is 5. The van der Waals surface area contributed by atoms with Crippen molar-refractivity contribution in [3.05, 3.63) is 30.2 Å². The zero-order valence-corrected chi connectivity index (χ0v) is 11.4. The van der Waals surface area contributed by atoms with Gasteiger partial charge in [-0.3, -0.25) is 0 Å². The molecule has 6 nitrogen and oxygen atoms in total. The molecular formula is C14H18N4O2. The minimum absolute atomic E-state index is 0.0373. The van der Waals surface area contributed by atoms with Crippen molar-refractivity contribution < 1.29 is 9.84 Å². The maximum Gasteiger partial charge on any atom is 0.151 e. The Morgan fingerprint density at radius 1 is 1.65 bits per heavy atom. The number of rotatable bonds is 3. The molecule has 3 unspecified atom stereocenters. The molecular weight excluding hydrogens is 256 g/mol. The Morgan fingerprint density at radius 3 is 3.10 bits per heavy atom. The Kier molecular flexibility index (Phi) is 3.19. The van der Waals surface area contributed by atoms with Crippen molar-refractivity contribution in [2.24, 2.45) is 5.92 Å². The van der Waals surface area contributed by atoms with Gasteiger partial charge in [0.2, 0.25) is 0 Å². The molecule has 0 bridgehead atoms. The molecule has 2 aromatic rings. The fourth-order valence-electron chi connectivity index (χ4n) is 2.89. The minimum atomic E-state index is -0.119. The summed E-state index contributed by atoms with van der Waals surface area (Å²) in [5.41, 5.74) is 8.50. The number of nitrogens with two attached hydrogens (primary N) is 1. The first kappa shape index (κ1) is 13.1. The molecule has 3 rings (SSSR count). The average Bonchev–Trinajstić information content (AvgIpc) is 3.00. The molecule has 0 aromatic carbocycles. The molecule has 3 atom stereocenters. The van der Waals surface area contributed by atoms with Crippen LogP contribution < -0.4 is 5.73 Å². The van der Waals surface area contributed by atoms with Gasteiger partial charge in [0, 0.05) is 5.56 Å². The summed E-state index contributed by atoms with van der Waals surface area (Å²) in [5, 5.41) is 13.5. The molecule has 106 valence electrons. The van der Waals surface area contributed by atoms with Crippen LogP contribution >= 0.6 is 0 Å². The molecule has 0 aliphatic carbocycles. The van der Waals surface area contributed by atoms with Crippen LogP contribution in [0.3, 0.4) is 0 Å². The van der Waals surface area contributed by atoms with Crippen LogP contribution in [0.4, 0.5) is 5.82 Å². The van der Waals surface area contributed by atoms with Crippen LogP contribution in [0.15, 0.2) is 19.0 Å². The van der Waals surface area contributed by atoms with Crippen LogP contribution in [0.2, 0.25) is 0 Å². The monoisotopic (exact) mass is 274 g/mol. The zero-order chi connectivity index (χ0) is 14.3. The highest BCUT2D eigenvalue weighted by molar-refractivity contribution is 5.79. The highest BCUT2D eigenvalue weighted by Crippen LogP contribution is 2.39. The normalized spacial score (nSPS) is 26.2. The molecule has 3 heterocycles. The predicted octanol–water partition coefficient (Wildman–Crippen LogP) is 1.41. The van der Waals surface area contributed by atoms with Gasteiger partial charge in [-0.2, -0.15) is 5.10 Å². The third-order valence-electron chi connectivity index (χ3n) is 3.85. The quantitative estimate of drug-likeness (QED) is 0.884. The first-order valence-electron chi connectivity index (χ1n) is 6.66. The van der Waals surface area contributed by atoms with Gasteiger partial charge in [-0.15, -0.1) is 0 Å². The molecule has 3 N–H and O–H groups in total. The van der Waals surface area contributed by atoms with Gasteiger partial charge in [-0.1, -0.05) is 19.6 Å². The number of aliphatic hydroxyl groups is 1. The summed E-state index contributed by atoms with van der Waals surface area (Å²) in [6.45, 7) is 5.95.